The van der Waals surface area contributed by atoms with Crippen LogP contribution in [0, 0.1) is 6.92 Å². The number of aliphatic carboxylic acids is 1. The van der Waals surface area contributed by atoms with Crippen molar-refractivity contribution >= 4 is 11.9 Å². The summed E-state index contributed by atoms with van der Waals surface area (Å²) >= 11 is 0. The van der Waals surface area contributed by atoms with E-state index in [1.54, 1.807) is 16.8 Å². The van der Waals surface area contributed by atoms with Crippen LogP contribution < -0.4 is 0 Å². The summed E-state index contributed by atoms with van der Waals surface area (Å²) in [5.74, 6) is -0.914. The molecule has 0 aliphatic heterocycles. The number of rotatable bonds is 7. The minimum absolute atomic E-state index is 0.0357. The number of amides is 1. The van der Waals surface area contributed by atoms with Gasteiger partial charge in [0.25, 0.3) is 0 Å². The van der Waals surface area contributed by atoms with Crippen LogP contribution in [0.2, 0.25) is 0 Å². The maximum absolute atomic E-state index is 12.3. The van der Waals surface area contributed by atoms with Gasteiger partial charge in [0.15, 0.2) is 0 Å². The average Bonchev–Trinajstić information content (AvgIpc) is 3.24. The lowest BCUT2D eigenvalue weighted by Crippen LogP contribution is -2.41. The molecule has 0 saturated heterocycles. The summed E-state index contributed by atoms with van der Waals surface area (Å²) in [4.78, 5) is 26.6. The topological polar surface area (TPSA) is 60.9 Å². The molecule has 1 fully saturated rings. The van der Waals surface area contributed by atoms with Crippen LogP contribution in [0.4, 0.5) is 0 Å². The molecule has 0 atom stereocenters. The van der Waals surface area contributed by atoms with E-state index >= 15 is 0 Å². The predicted octanol–water partition coefficient (Wildman–Crippen LogP) is 1.50. The SMILES string of the molecule is Cc1ccccc1CN(C)C(=O)CN(CC(=O)O)C1CC1. The average molecular weight is 290 g/mol. The van der Waals surface area contributed by atoms with Crippen LogP contribution in [-0.4, -0.2) is 53.0 Å². The quantitative estimate of drug-likeness (QED) is 0.827. The zero-order valence-corrected chi connectivity index (χ0v) is 12.6. The van der Waals surface area contributed by atoms with Gasteiger partial charge in [-0.15, -0.1) is 0 Å². The lowest BCUT2D eigenvalue weighted by Gasteiger charge is -2.24. The molecule has 0 radical (unpaired) electrons. The molecule has 1 aliphatic carbocycles. The van der Waals surface area contributed by atoms with Gasteiger partial charge in [-0.05, 0) is 30.9 Å². The molecule has 0 unspecified atom stereocenters. The van der Waals surface area contributed by atoms with E-state index in [-0.39, 0.29) is 25.0 Å². The Morgan fingerprint density at radius 3 is 2.48 bits per heavy atom. The minimum Gasteiger partial charge on any atom is -0.480 e. The van der Waals surface area contributed by atoms with Crippen molar-refractivity contribution in [1.29, 1.82) is 0 Å². The summed E-state index contributed by atoms with van der Waals surface area (Å²) < 4.78 is 0. The van der Waals surface area contributed by atoms with Gasteiger partial charge in [-0.3, -0.25) is 14.5 Å². The van der Waals surface area contributed by atoms with Gasteiger partial charge in [0, 0.05) is 19.6 Å². The monoisotopic (exact) mass is 290 g/mol. The lowest BCUT2D eigenvalue weighted by atomic mass is 10.1. The number of hydrogen-bond acceptors (Lipinski definition) is 3. The number of carbonyl (C=O) groups is 2. The number of likely N-dealkylation sites (N-methyl/N-ethyl adjacent to an activating group) is 1. The number of nitrogens with zero attached hydrogens (tertiary/aromatic N) is 2. The van der Waals surface area contributed by atoms with Crippen LogP contribution in [0.5, 0.6) is 0 Å². The van der Waals surface area contributed by atoms with Gasteiger partial charge in [0.2, 0.25) is 5.91 Å². The molecule has 5 heteroatoms. The number of aryl methyl sites for hydroxylation is 1. The number of benzene rings is 1. The Labute approximate surface area is 125 Å². The van der Waals surface area contributed by atoms with Crippen LogP contribution >= 0.6 is 0 Å². The molecule has 0 heterocycles. The van der Waals surface area contributed by atoms with E-state index in [4.69, 9.17) is 5.11 Å². The number of carboxylic acids is 1. The van der Waals surface area contributed by atoms with Crippen molar-refractivity contribution in [3.63, 3.8) is 0 Å². The molecule has 1 aromatic carbocycles. The third-order valence-electron chi connectivity index (χ3n) is 3.83. The number of carboxylic acid groups (broad SMARTS) is 1. The maximum atomic E-state index is 12.3. The predicted molar refractivity (Wildman–Crippen MR) is 79.9 cm³/mol. The van der Waals surface area contributed by atoms with E-state index in [9.17, 15) is 9.59 Å². The standard InChI is InChI=1S/C16H22N2O3/c1-12-5-3-4-6-13(12)9-17(2)15(19)10-18(11-16(20)21)14-7-8-14/h3-6,14H,7-11H2,1-2H3,(H,20,21). The van der Waals surface area contributed by atoms with Crippen molar-refractivity contribution in [3.05, 3.63) is 35.4 Å². The molecule has 1 amide bonds. The first-order valence-corrected chi connectivity index (χ1v) is 7.21. The lowest BCUT2D eigenvalue weighted by molar-refractivity contribution is -0.139. The Balaban J connectivity index is 1.92. The highest BCUT2D eigenvalue weighted by Gasteiger charge is 2.32. The van der Waals surface area contributed by atoms with Gasteiger partial charge >= 0.3 is 5.97 Å². The Hall–Kier alpha value is -1.88. The molecule has 0 spiro atoms. The van der Waals surface area contributed by atoms with Crippen molar-refractivity contribution in [1.82, 2.24) is 9.80 Å². The van der Waals surface area contributed by atoms with Crippen LogP contribution in [0.25, 0.3) is 0 Å². The largest absolute Gasteiger partial charge is 0.480 e. The summed E-state index contributed by atoms with van der Waals surface area (Å²) in [6, 6.07) is 8.23. The van der Waals surface area contributed by atoms with Crippen molar-refractivity contribution in [3.8, 4) is 0 Å². The molecule has 0 bridgehead atoms. The van der Waals surface area contributed by atoms with E-state index in [1.807, 2.05) is 31.2 Å². The Morgan fingerprint density at radius 1 is 1.24 bits per heavy atom. The minimum atomic E-state index is -0.878. The van der Waals surface area contributed by atoms with Crippen LogP contribution in [-0.2, 0) is 16.1 Å². The van der Waals surface area contributed by atoms with E-state index in [0.717, 1.165) is 24.0 Å². The van der Waals surface area contributed by atoms with Gasteiger partial charge < -0.3 is 10.0 Å². The fourth-order valence-corrected chi connectivity index (χ4v) is 2.35. The van der Waals surface area contributed by atoms with Gasteiger partial charge in [-0.1, -0.05) is 24.3 Å². The van der Waals surface area contributed by atoms with Gasteiger partial charge in [-0.2, -0.15) is 0 Å². The first-order valence-electron chi connectivity index (χ1n) is 7.21. The van der Waals surface area contributed by atoms with Crippen molar-refractivity contribution in [2.24, 2.45) is 0 Å². The molecular formula is C16H22N2O3. The van der Waals surface area contributed by atoms with E-state index < -0.39 is 5.97 Å². The Kier molecular flexibility index (Phi) is 4.96. The molecule has 1 saturated carbocycles. The maximum Gasteiger partial charge on any atom is 0.317 e. The smallest absolute Gasteiger partial charge is 0.317 e. The van der Waals surface area contributed by atoms with Gasteiger partial charge in [-0.25, -0.2) is 0 Å². The van der Waals surface area contributed by atoms with E-state index in [0.29, 0.717) is 6.54 Å². The summed E-state index contributed by atoms with van der Waals surface area (Å²) in [5.41, 5.74) is 2.27. The first kappa shape index (κ1) is 15.5. The second kappa shape index (κ2) is 6.72. The highest BCUT2D eigenvalue weighted by atomic mass is 16.4. The molecule has 21 heavy (non-hydrogen) atoms. The molecule has 114 valence electrons. The fraction of sp³-hybridized carbons (Fsp3) is 0.500. The van der Waals surface area contributed by atoms with Crippen molar-refractivity contribution in [2.45, 2.75) is 32.4 Å². The van der Waals surface area contributed by atoms with Gasteiger partial charge in [0.1, 0.15) is 0 Å². The van der Waals surface area contributed by atoms with E-state index in [1.165, 1.54) is 0 Å². The highest BCUT2D eigenvalue weighted by molar-refractivity contribution is 5.79. The number of hydrogen-bond donors (Lipinski definition) is 1. The normalized spacial score (nSPS) is 14.2. The van der Waals surface area contributed by atoms with E-state index in [2.05, 4.69) is 0 Å². The summed E-state index contributed by atoms with van der Waals surface area (Å²) in [6.45, 7) is 2.69. The molecule has 1 aliphatic rings. The summed E-state index contributed by atoms with van der Waals surface area (Å²) in [5, 5.41) is 8.92. The molecule has 1 N–H and O–H groups in total. The first-order chi connectivity index (χ1) is 9.97. The third-order valence-corrected chi connectivity index (χ3v) is 3.83. The molecule has 0 aromatic heterocycles. The molecule has 1 aromatic rings. The second-order valence-corrected chi connectivity index (χ2v) is 5.71. The zero-order chi connectivity index (χ0) is 15.4. The Morgan fingerprint density at radius 2 is 1.90 bits per heavy atom. The summed E-state index contributed by atoms with van der Waals surface area (Å²) in [6.07, 6.45) is 1.98. The number of carbonyl (C=O) groups excluding carboxylic acids is 1. The van der Waals surface area contributed by atoms with Crippen molar-refractivity contribution < 1.29 is 14.7 Å². The third kappa shape index (κ3) is 4.56. The van der Waals surface area contributed by atoms with Crippen molar-refractivity contribution in [2.75, 3.05) is 20.1 Å². The van der Waals surface area contributed by atoms with Gasteiger partial charge in [0.05, 0.1) is 13.1 Å². The van der Waals surface area contributed by atoms with Crippen LogP contribution in [0.15, 0.2) is 24.3 Å². The summed E-state index contributed by atoms with van der Waals surface area (Å²) in [7, 11) is 1.76. The fourth-order valence-electron chi connectivity index (χ4n) is 2.35. The molecular weight excluding hydrogens is 268 g/mol. The highest BCUT2D eigenvalue weighted by Crippen LogP contribution is 2.26. The van der Waals surface area contributed by atoms with Crippen LogP contribution in [0.3, 0.4) is 0 Å². The second-order valence-electron chi connectivity index (χ2n) is 5.71. The Bertz CT molecular complexity index is 526. The van der Waals surface area contributed by atoms with Crippen LogP contribution in [0.1, 0.15) is 24.0 Å². The zero-order valence-electron chi connectivity index (χ0n) is 12.6. The molecule has 2 rings (SSSR count). The molecule has 5 nitrogen and oxygen atoms in total.